The normalized spacial score (nSPS) is 15.1. The van der Waals surface area contributed by atoms with Crippen LogP contribution in [-0.4, -0.2) is 58.9 Å². The van der Waals surface area contributed by atoms with E-state index in [9.17, 15) is 4.79 Å². The van der Waals surface area contributed by atoms with Crippen molar-refractivity contribution in [2.75, 3.05) is 53.0 Å². The molecule has 3 aromatic carbocycles. The highest BCUT2D eigenvalue weighted by molar-refractivity contribution is 8.00. The van der Waals surface area contributed by atoms with Gasteiger partial charge in [-0.2, -0.15) is 0 Å². The van der Waals surface area contributed by atoms with Crippen molar-refractivity contribution in [3.63, 3.8) is 0 Å². The van der Waals surface area contributed by atoms with Crippen LogP contribution in [-0.2, 0) is 4.79 Å². The van der Waals surface area contributed by atoms with Gasteiger partial charge in [0.25, 0.3) is 0 Å². The second-order valence-electron chi connectivity index (χ2n) is 10.1. The third-order valence-electron chi connectivity index (χ3n) is 7.17. The molecule has 0 saturated carbocycles. The van der Waals surface area contributed by atoms with Gasteiger partial charge in [-0.15, -0.1) is 0 Å². The largest absolute Gasteiger partial charge is 0.497 e. The smallest absolute Gasteiger partial charge is 0.225 e. The van der Waals surface area contributed by atoms with Crippen molar-refractivity contribution in [2.24, 2.45) is 0 Å². The fourth-order valence-electron chi connectivity index (χ4n) is 5.06. The fourth-order valence-corrected chi connectivity index (χ4v) is 6.42. The molecular weight excluding hydrogens is 524 g/mol. The number of thioether (sulfide) groups is 1. The Balaban J connectivity index is 1.33. The number of nitrogens with zero attached hydrogens (tertiary/aromatic N) is 2. The number of hydrogen-bond donors (Lipinski definition) is 0. The first-order valence-electron chi connectivity index (χ1n) is 13.6. The lowest BCUT2D eigenvalue weighted by atomic mass is 10.00. The molecule has 0 radical (unpaired) electrons. The second-order valence-corrected chi connectivity index (χ2v) is 11.2. The van der Waals surface area contributed by atoms with Crippen LogP contribution in [0, 0.1) is 0 Å². The van der Waals surface area contributed by atoms with E-state index in [1.54, 1.807) is 40.0 Å². The SMILES string of the molecule is COc1ccc(OCCCCN(C)CC(C)c2ccc(OC)c(OC)c2)c(C2Sc3ccccc3N2C(C)=O)c1. The van der Waals surface area contributed by atoms with Gasteiger partial charge < -0.3 is 23.8 Å². The Morgan fingerprint density at radius 1 is 0.950 bits per heavy atom. The molecule has 1 aliphatic heterocycles. The van der Waals surface area contributed by atoms with Crippen LogP contribution in [0.25, 0.3) is 0 Å². The van der Waals surface area contributed by atoms with E-state index in [0.29, 0.717) is 12.5 Å². The molecule has 0 aliphatic carbocycles. The molecule has 8 heteroatoms. The van der Waals surface area contributed by atoms with E-state index in [0.717, 1.165) is 65.1 Å². The third-order valence-corrected chi connectivity index (χ3v) is 8.46. The third kappa shape index (κ3) is 6.85. The molecule has 1 aliphatic rings. The minimum Gasteiger partial charge on any atom is -0.497 e. The van der Waals surface area contributed by atoms with E-state index in [-0.39, 0.29) is 11.3 Å². The number of carbonyl (C=O) groups is 1. The molecule has 1 amide bonds. The standard InChI is InChI=1S/C32H40N2O5S/c1-22(24-13-15-29(37-5)30(19-24)38-6)21-33(3)17-9-10-18-39-28-16-14-25(36-4)20-26(28)32-34(23(2)35)27-11-7-8-12-31(27)40-32/h7-8,11-16,19-20,22,32H,9-10,17-18,21H2,1-6H3. The fraction of sp³-hybridized carbons (Fsp3) is 0.406. The number of methoxy groups -OCH3 is 3. The summed E-state index contributed by atoms with van der Waals surface area (Å²) in [6, 6.07) is 20.0. The molecule has 0 N–H and O–H groups in total. The Hall–Kier alpha value is -3.36. The quantitative estimate of drug-likeness (QED) is 0.213. The molecule has 214 valence electrons. The van der Waals surface area contributed by atoms with Gasteiger partial charge in [-0.3, -0.25) is 9.69 Å². The zero-order valence-corrected chi connectivity index (χ0v) is 25.1. The van der Waals surface area contributed by atoms with Crippen LogP contribution < -0.4 is 23.8 Å². The van der Waals surface area contributed by atoms with Crippen molar-refractivity contribution in [2.45, 2.75) is 42.9 Å². The molecule has 0 saturated heterocycles. The maximum Gasteiger partial charge on any atom is 0.225 e. The maximum atomic E-state index is 12.7. The number of carbonyl (C=O) groups excluding carboxylic acids is 1. The van der Waals surface area contributed by atoms with Gasteiger partial charge in [-0.1, -0.05) is 36.9 Å². The Morgan fingerprint density at radius 3 is 2.42 bits per heavy atom. The van der Waals surface area contributed by atoms with Crippen LogP contribution in [0.1, 0.15) is 49.1 Å². The Bertz CT molecular complexity index is 1300. The van der Waals surface area contributed by atoms with Crippen molar-refractivity contribution in [1.29, 1.82) is 0 Å². The first kappa shape index (κ1) is 29.6. The summed E-state index contributed by atoms with van der Waals surface area (Å²) in [7, 11) is 7.13. The highest BCUT2D eigenvalue weighted by atomic mass is 32.2. The van der Waals surface area contributed by atoms with E-state index < -0.39 is 0 Å². The van der Waals surface area contributed by atoms with Crippen LogP contribution in [0.15, 0.2) is 65.6 Å². The Labute approximate surface area is 242 Å². The highest BCUT2D eigenvalue weighted by Crippen LogP contribution is 2.53. The van der Waals surface area contributed by atoms with E-state index in [1.165, 1.54) is 5.56 Å². The summed E-state index contributed by atoms with van der Waals surface area (Å²) in [6.07, 6.45) is 1.94. The van der Waals surface area contributed by atoms with Gasteiger partial charge >= 0.3 is 0 Å². The molecule has 4 rings (SSSR count). The minimum absolute atomic E-state index is 0.00145. The second kappa shape index (κ2) is 13.8. The number of anilines is 1. The molecule has 1 heterocycles. The Morgan fingerprint density at radius 2 is 1.70 bits per heavy atom. The average molecular weight is 565 g/mol. The molecule has 2 atom stereocenters. The van der Waals surface area contributed by atoms with E-state index in [1.807, 2.05) is 47.4 Å². The number of ether oxygens (including phenoxy) is 4. The van der Waals surface area contributed by atoms with Crippen LogP contribution >= 0.6 is 11.8 Å². The Kier molecular flexibility index (Phi) is 10.2. The summed E-state index contributed by atoms with van der Waals surface area (Å²) in [6.45, 7) is 6.36. The predicted octanol–water partition coefficient (Wildman–Crippen LogP) is 6.76. The van der Waals surface area contributed by atoms with Crippen molar-refractivity contribution in [1.82, 2.24) is 4.90 Å². The first-order chi connectivity index (χ1) is 19.4. The number of hydrogen-bond acceptors (Lipinski definition) is 7. The topological polar surface area (TPSA) is 60.5 Å². The van der Waals surface area contributed by atoms with Gasteiger partial charge in [0.1, 0.15) is 16.9 Å². The van der Waals surface area contributed by atoms with E-state index in [4.69, 9.17) is 18.9 Å². The van der Waals surface area contributed by atoms with Crippen LogP contribution in [0.3, 0.4) is 0 Å². The number of para-hydroxylation sites is 1. The lowest BCUT2D eigenvalue weighted by molar-refractivity contribution is -0.116. The first-order valence-corrected chi connectivity index (χ1v) is 14.5. The summed E-state index contributed by atoms with van der Waals surface area (Å²) >= 11 is 1.66. The summed E-state index contributed by atoms with van der Waals surface area (Å²) in [4.78, 5) is 18.0. The van der Waals surface area contributed by atoms with Crippen LogP contribution in [0.4, 0.5) is 5.69 Å². The highest BCUT2D eigenvalue weighted by Gasteiger charge is 2.35. The van der Waals surface area contributed by atoms with Crippen molar-refractivity contribution >= 4 is 23.4 Å². The van der Waals surface area contributed by atoms with E-state index >= 15 is 0 Å². The summed E-state index contributed by atoms with van der Waals surface area (Å²) in [5, 5.41) is -0.204. The average Bonchev–Trinajstić information content (AvgIpc) is 3.36. The molecule has 40 heavy (non-hydrogen) atoms. The maximum absolute atomic E-state index is 12.7. The molecule has 0 bridgehead atoms. The molecule has 7 nitrogen and oxygen atoms in total. The molecule has 0 fully saturated rings. The predicted molar refractivity (Wildman–Crippen MR) is 161 cm³/mol. The molecule has 0 aromatic heterocycles. The molecule has 0 spiro atoms. The van der Waals surface area contributed by atoms with Crippen molar-refractivity contribution in [3.05, 3.63) is 71.8 Å². The number of rotatable bonds is 13. The number of fused-ring (bicyclic) bond motifs is 1. The number of likely N-dealkylation sites (N-methyl/N-ethyl adjacent to an activating group) is 1. The van der Waals surface area contributed by atoms with Gasteiger partial charge in [0.15, 0.2) is 11.5 Å². The van der Waals surface area contributed by atoms with Gasteiger partial charge in [0.2, 0.25) is 5.91 Å². The van der Waals surface area contributed by atoms with Crippen molar-refractivity contribution in [3.8, 4) is 23.0 Å². The van der Waals surface area contributed by atoms with Gasteiger partial charge in [0.05, 0.1) is 33.6 Å². The van der Waals surface area contributed by atoms with Gasteiger partial charge in [-0.25, -0.2) is 0 Å². The van der Waals surface area contributed by atoms with Crippen LogP contribution in [0.2, 0.25) is 0 Å². The van der Waals surface area contributed by atoms with E-state index in [2.05, 4.69) is 37.1 Å². The number of unbranched alkanes of at least 4 members (excludes halogenated alkanes) is 1. The molecule has 3 aromatic rings. The summed E-state index contributed by atoms with van der Waals surface area (Å²) in [5.41, 5.74) is 3.10. The summed E-state index contributed by atoms with van der Waals surface area (Å²) < 4.78 is 22.7. The van der Waals surface area contributed by atoms with Crippen molar-refractivity contribution < 1.29 is 23.7 Å². The molecular formula is C32H40N2O5S. The molecule has 2 unspecified atom stereocenters. The zero-order valence-electron chi connectivity index (χ0n) is 24.3. The monoisotopic (exact) mass is 564 g/mol. The number of benzene rings is 3. The minimum atomic E-state index is -0.204. The zero-order chi connectivity index (χ0) is 28.6. The lowest BCUT2D eigenvalue weighted by Gasteiger charge is -2.26. The van der Waals surface area contributed by atoms with Gasteiger partial charge in [-0.05, 0) is 80.4 Å². The number of amides is 1. The summed E-state index contributed by atoms with van der Waals surface area (Å²) in [5.74, 6) is 3.40. The van der Waals surface area contributed by atoms with Crippen LogP contribution in [0.5, 0.6) is 23.0 Å². The van der Waals surface area contributed by atoms with Gasteiger partial charge in [0, 0.05) is 23.9 Å². The lowest BCUT2D eigenvalue weighted by Crippen LogP contribution is -2.28.